The van der Waals surface area contributed by atoms with Crippen molar-refractivity contribution < 1.29 is 9.53 Å². The number of benzene rings is 1. The molecular weight excluding hydrogens is 320 g/mol. The van der Waals surface area contributed by atoms with Crippen molar-refractivity contribution in [1.29, 1.82) is 5.26 Å². The Morgan fingerprint density at radius 3 is 3.00 bits per heavy atom. The van der Waals surface area contributed by atoms with Gasteiger partial charge < -0.3 is 10.1 Å². The average molecular weight is 338 g/mol. The van der Waals surface area contributed by atoms with E-state index in [9.17, 15) is 10.1 Å². The third kappa shape index (κ3) is 2.67. The summed E-state index contributed by atoms with van der Waals surface area (Å²) in [7, 11) is 0. The van der Waals surface area contributed by atoms with Crippen LogP contribution < -0.4 is 10.1 Å². The zero-order chi connectivity index (χ0) is 16.5. The van der Waals surface area contributed by atoms with Crippen LogP contribution in [-0.4, -0.2) is 12.5 Å². The predicted molar refractivity (Wildman–Crippen MR) is 93.4 cm³/mol. The van der Waals surface area contributed by atoms with Gasteiger partial charge in [0.2, 0.25) is 5.91 Å². The summed E-state index contributed by atoms with van der Waals surface area (Å²) in [6.45, 7) is 0.385. The Labute approximate surface area is 145 Å². The van der Waals surface area contributed by atoms with Crippen LogP contribution in [0.5, 0.6) is 5.75 Å². The molecule has 1 atom stereocenters. The van der Waals surface area contributed by atoms with Crippen LogP contribution in [0, 0.1) is 17.2 Å². The van der Waals surface area contributed by atoms with Crippen molar-refractivity contribution in [2.45, 2.75) is 32.1 Å². The number of para-hydroxylation sites is 1. The molecule has 4 rings (SSSR count). The Bertz CT molecular complexity index is 834. The third-order valence-corrected chi connectivity index (χ3v) is 5.98. The molecule has 0 saturated carbocycles. The summed E-state index contributed by atoms with van der Waals surface area (Å²) in [6.07, 6.45) is 4.93. The summed E-state index contributed by atoms with van der Waals surface area (Å²) < 4.78 is 5.71. The van der Waals surface area contributed by atoms with Crippen molar-refractivity contribution in [3.63, 3.8) is 0 Å². The van der Waals surface area contributed by atoms with Crippen molar-refractivity contribution in [3.05, 3.63) is 45.8 Å². The molecule has 4 nitrogen and oxygen atoms in total. The molecule has 0 spiro atoms. The number of aryl methyl sites for hydroxylation is 1. The molecule has 1 unspecified atom stereocenters. The second-order valence-electron chi connectivity index (χ2n) is 6.34. The van der Waals surface area contributed by atoms with Gasteiger partial charge in [-0.25, -0.2) is 0 Å². The topological polar surface area (TPSA) is 62.1 Å². The van der Waals surface area contributed by atoms with Gasteiger partial charge in [0.15, 0.2) is 0 Å². The van der Waals surface area contributed by atoms with Crippen molar-refractivity contribution in [2.75, 3.05) is 11.9 Å². The minimum absolute atomic E-state index is 0.0559. The number of carbonyl (C=O) groups excluding carboxylic acids is 1. The molecule has 24 heavy (non-hydrogen) atoms. The summed E-state index contributed by atoms with van der Waals surface area (Å²) >= 11 is 1.57. The first kappa shape index (κ1) is 15.2. The number of rotatable bonds is 2. The number of anilines is 1. The number of amides is 1. The fraction of sp³-hybridized carbons (Fsp3) is 0.368. The molecule has 5 heteroatoms. The van der Waals surface area contributed by atoms with E-state index in [4.69, 9.17) is 4.74 Å². The molecule has 1 aliphatic carbocycles. The lowest BCUT2D eigenvalue weighted by Gasteiger charge is -2.24. The van der Waals surface area contributed by atoms with Crippen molar-refractivity contribution in [3.8, 4) is 11.8 Å². The largest absolute Gasteiger partial charge is 0.492 e. The molecule has 122 valence electrons. The molecule has 1 N–H and O–H groups in total. The molecule has 1 aromatic carbocycles. The van der Waals surface area contributed by atoms with Crippen LogP contribution in [0.2, 0.25) is 0 Å². The lowest BCUT2D eigenvalue weighted by molar-refractivity contribution is -0.121. The van der Waals surface area contributed by atoms with Crippen LogP contribution >= 0.6 is 11.3 Å². The van der Waals surface area contributed by atoms with Crippen molar-refractivity contribution in [2.24, 2.45) is 5.92 Å². The smallest absolute Gasteiger partial charge is 0.231 e. The number of hydrogen-bond acceptors (Lipinski definition) is 4. The summed E-state index contributed by atoms with van der Waals surface area (Å²) in [6, 6.07) is 10.1. The fourth-order valence-corrected chi connectivity index (χ4v) is 4.73. The van der Waals surface area contributed by atoms with Gasteiger partial charge in [0.25, 0.3) is 0 Å². The maximum absolute atomic E-state index is 12.7. The number of thiophene rings is 1. The molecule has 0 bridgehead atoms. The van der Waals surface area contributed by atoms with E-state index in [0.717, 1.165) is 36.1 Å². The number of hydrogen-bond donors (Lipinski definition) is 1. The number of ether oxygens (including phenoxy) is 1. The van der Waals surface area contributed by atoms with Crippen LogP contribution in [0.1, 0.15) is 34.4 Å². The molecule has 0 saturated heterocycles. The highest BCUT2D eigenvalue weighted by Gasteiger charge is 2.28. The average Bonchev–Trinajstić information content (AvgIpc) is 2.98. The Hall–Kier alpha value is -2.32. The highest BCUT2D eigenvalue weighted by Crippen LogP contribution is 2.38. The molecule has 1 amide bonds. The first-order valence-electron chi connectivity index (χ1n) is 8.32. The zero-order valence-corrected chi connectivity index (χ0v) is 14.1. The molecule has 2 heterocycles. The maximum Gasteiger partial charge on any atom is 0.231 e. The Morgan fingerprint density at radius 2 is 2.12 bits per heavy atom. The van der Waals surface area contributed by atoms with E-state index in [1.807, 2.05) is 24.3 Å². The normalized spacial score (nSPS) is 18.7. The molecular formula is C19H18N2O2S. The number of carbonyl (C=O) groups is 1. The number of nitrogens with one attached hydrogen (secondary N) is 1. The van der Waals surface area contributed by atoms with E-state index < -0.39 is 0 Å². The zero-order valence-electron chi connectivity index (χ0n) is 13.3. The SMILES string of the molecule is N#Cc1c(NC(=O)C2COc3ccccc3C2)sc2c1CCCC2. The maximum atomic E-state index is 12.7. The van der Waals surface area contributed by atoms with E-state index in [-0.39, 0.29) is 11.8 Å². The van der Waals surface area contributed by atoms with Gasteiger partial charge in [-0.1, -0.05) is 18.2 Å². The standard InChI is InChI=1S/C19H18N2O2S/c20-10-15-14-6-2-4-8-17(14)24-19(15)21-18(22)13-9-12-5-1-3-7-16(12)23-11-13/h1,3,5,7,13H,2,4,6,8-9,11H2,(H,21,22). The Balaban J connectivity index is 1.53. The minimum atomic E-state index is -0.217. The summed E-state index contributed by atoms with van der Waals surface area (Å²) in [5.74, 6) is 0.594. The molecule has 1 aliphatic heterocycles. The first-order valence-corrected chi connectivity index (χ1v) is 9.14. The van der Waals surface area contributed by atoms with Crippen LogP contribution in [0.25, 0.3) is 0 Å². The van der Waals surface area contributed by atoms with Gasteiger partial charge >= 0.3 is 0 Å². The third-order valence-electron chi connectivity index (χ3n) is 4.77. The lowest BCUT2D eigenvalue weighted by atomic mass is 9.95. The summed E-state index contributed by atoms with van der Waals surface area (Å²) in [5.41, 5.74) is 2.88. The first-order chi connectivity index (χ1) is 11.8. The molecule has 0 radical (unpaired) electrons. The molecule has 2 aromatic rings. The van der Waals surface area contributed by atoms with Gasteiger partial charge in [0.1, 0.15) is 23.4 Å². The summed E-state index contributed by atoms with van der Waals surface area (Å²) in [4.78, 5) is 13.9. The van der Waals surface area contributed by atoms with Crippen molar-refractivity contribution in [1.82, 2.24) is 0 Å². The molecule has 0 fully saturated rings. The summed E-state index contributed by atoms with van der Waals surface area (Å²) in [5, 5.41) is 13.2. The van der Waals surface area contributed by atoms with Crippen molar-refractivity contribution >= 4 is 22.2 Å². The monoisotopic (exact) mass is 338 g/mol. The van der Waals surface area contributed by atoms with Crippen LogP contribution in [0.4, 0.5) is 5.00 Å². The highest BCUT2D eigenvalue weighted by molar-refractivity contribution is 7.16. The van der Waals surface area contributed by atoms with E-state index in [1.165, 1.54) is 11.3 Å². The second kappa shape index (κ2) is 6.29. The number of nitriles is 1. The van der Waals surface area contributed by atoms with Gasteiger partial charge in [-0.15, -0.1) is 11.3 Å². The molecule has 2 aliphatic rings. The number of fused-ring (bicyclic) bond motifs is 2. The molecule has 1 aromatic heterocycles. The van der Waals surface area contributed by atoms with Gasteiger partial charge in [-0.05, 0) is 49.3 Å². The van der Waals surface area contributed by atoms with Crippen LogP contribution in [0.15, 0.2) is 24.3 Å². The highest BCUT2D eigenvalue weighted by atomic mass is 32.1. The second-order valence-corrected chi connectivity index (χ2v) is 7.44. The number of nitrogens with zero attached hydrogens (tertiary/aromatic N) is 1. The Kier molecular flexibility index (Phi) is 3.99. The Morgan fingerprint density at radius 1 is 1.29 bits per heavy atom. The van der Waals surface area contributed by atoms with Gasteiger partial charge in [-0.2, -0.15) is 5.26 Å². The van der Waals surface area contributed by atoms with Gasteiger partial charge in [0.05, 0.1) is 11.5 Å². The van der Waals surface area contributed by atoms with Gasteiger partial charge in [0, 0.05) is 4.88 Å². The van der Waals surface area contributed by atoms with E-state index >= 15 is 0 Å². The van der Waals surface area contributed by atoms with Crippen LogP contribution in [-0.2, 0) is 24.1 Å². The van der Waals surface area contributed by atoms with E-state index in [0.29, 0.717) is 23.6 Å². The van der Waals surface area contributed by atoms with E-state index in [2.05, 4.69) is 11.4 Å². The van der Waals surface area contributed by atoms with E-state index in [1.54, 1.807) is 11.3 Å². The quantitative estimate of drug-likeness (QED) is 0.908. The van der Waals surface area contributed by atoms with Crippen LogP contribution in [0.3, 0.4) is 0 Å². The lowest BCUT2D eigenvalue weighted by Crippen LogP contribution is -2.32. The fourth-order valence-electron chi connectivity index (χ4n) is 3.48. The van der Waals surface area contributed by atoms with Gasteiger partial charge in [-0.3, -0.25) is 4.79 Å². The minimum Gasteiger partial charge on any atom is -0.492 e. The predicted octanol–water partition coefficient (Wildman–Crippen LogP) is 3.69.